The lowest BCUT2D eigenvalue weighted by Gasteiger charge is -2.04. The van der Waals surface area contributed by atoms with E-state index in [-0.39, 0.29) is 0 Å². The molecule has 0 radical (unpaired) electrons. The molecule has 3 rings (SSSR count). The van der Waals surface area contributed by atoms with Crippen LogP contribution in [-0.4, -0.2) is 0 Å². The minimum Gasteiger partial charge on any atom is -0.0876 e. The molecule has 0 saturated heterocycles. The number of alkyl halides is 2. The van der Waals surface area contributed by atoms with Crippen molar-refractivity contribution >= 4 is 31.9 Å². The van der Waals surface area contributed by atoms with Crippen LogP contribution in [0.3, 0.4) is 0 Å². The van der Waals surface area contributed by atoms with Gasteiger partial charge in [-0.1, -0.05) is 68.3 Å². The van der Waals surface area contributed by atoms with Crippen molar-refractivity contribution in [2.24, 2.45) is 0 Å². The van der Waals surface area contributed by atoms with Crippen molar-refractivity contribution in [3.8, 4) is 11.1 Å². The highest BCUT2D eigenvalue weighted by molar-refractivity contribution is 9.08. The first-order chi connectivity index (χ1) is 8.35. The minimum atomic E-state index is 0.938. The Morgan fingerprint density at radius 1 is 0.765 bits per heavy atom. The number of benzene rings is 2. The number of rotatable bonds is 2. The van der Waals surface area contributed by atoms with Gasteiger partial charge in [-0.05, 0) is 39.8 Å². The summed E-state index contributed by atoms with van der Waals surface area (Å²) in [5, 5.41) is 1.88. The minimum absolute atomic E-state index is 0.938. The van der Waals surface area contributed by atoms with E-state index in [0.717, 1.165) is 17.1 Å². The van der Waals surface area contributed by atoms with Gasteiger partial charge in [0.05, 0.1) is 0 Å². The van der Waals surface area contributed by atoms with E-state index in [1.54, 1.807) is 0 Å². The Morgan fingerprint density at radius 2 is 1.24 bits per heavy atom. The van der Waals surface area contributed by atoms with Gasteiger partial charge in [-0.15, -0.1) is 0 Å². The van der Waals surface area contributed by atoms with E-state index in [4.69, 9.17) is 0 Å². The van der Waals surface area contributed by atoms with E-state index in [1.165, 1.54) is 33.4 Å². The van der Waals surface area contributed by atoms with Gasteiger partial charge < -0.3 is 0 Å². The van der Waals surface area contributed by atoms with E-state index >= 15 is 0 Å². The summed E-state index contributed by atoms with van der Waals surface area (Å²) in [6.07, 6.45) is 1.08. The lowest BCUT2D eigenvalue weighted by Crippen LogP contribution is -1.90. The highest BCUT2D eigenvalue weighted by Crippen LogP contribution is 2.40. The summed E-state index contributed by atoms with van der Waals surface area (Å²) in [5.74, 6) is 0. The fourth-order valence-electron chi connectivity index (χ4n) is 2.62. The van der Waals surface area contributed by atoms with E-state index in [0.29, 0.717) is 0 Å². The molecule has 0 atom stereocenters. The van der Waals surface area contributed by atoms with E-state index in [2.05, 4.69) is 68.3 Å². The quantitative estimate of drug-likeness (QED) is 0.567. The Balaban J connectivity index is 2.23. The van der Waals surface area contributed by atoms with Gasteiger partial charge in [-0.3, -0.25) is 0 Å². The molecule has 0 amide bonds. The molecule has 2 aromatic rings. The normalized spacial score (nSPS) is 12.4. The van der Waals surface area contributed by atoms with E-state index in [9.17, 15) is 0 Å². The van der Waals surface area contributed by atoms with Gasteiger partial charge in [0.15, 0.2) is 0 Å². The Kier molecular flexibility index (Phi) is 3.10. The van der Waals surface area contributed by atoms with E-state index < -0.39 is 0 Å². The molecule has 2 aromatic carbocycles. The zero-order valence-electron chi connectivity index (χ0n) is 9.34. The summed E-state index contributed by atoms with van der Waals surface area (Å²) >= 11 is 7.16. The molecule has 0 aromatic heterocycles. The average molecular weight is 352 g/mol. The molecule has 0 N–H and O–H groups in total. The van der Waals surface area contributed by atoms with Crippen molar-refractivity contribution in [1.82, 2.24) is 0 Å². The maximum absolute atomic E-state index is 3.58. The number of hydrogen-bond donors (Lipinski definition) is 0. The Hall–Kier alpha value is -0.600. The lowest BCUT2D eigenvalue weighted by molar-refractivity contribution is 1.18. The molecule has 0 unspecified atom stereocenters. The van der Waals surface area contributed by atoms with Crippen molar-refractivity contribution < 1.29 is 0 Å². The molecule has 0 aliphatic heterocycles. The van der Waals surface area contributed by atoms with Crippen molar-refractivity contribution in [3.63, 3.8) is 0 Å². The zero-order valence-corrected chi connectivity index (χ0v) is 12.5. The maximum Gasteiger partial charge on any atom is 0.0286 e. The van der Waals surface area contributed by atoms with Gasteiger partial charge >= 0.3 is 0 Å². The van der Waals surface area contributed by atoms with Crippen LogP contribution >= 0.6 is 31.9 Å². The summed E-state index contributed by atoms with van der Waals surface area (Å²) < 4.78 is 0. The average Bonchev–Trinajstić information content (AvgIpc) is 2.77. The number of hydrogen-bond acceptors (Lipinski definition) is 0. The van der Waals surface area contributed by atoms with Crippen LogP contribution in [0.4, 0.5) is 0 Å². The molecular formula is C15H12Br2. The van der Waals surface area contributed by atoms with Crippen molar-refractivity contribution in [3.05, 3.63) is 58.7 Å². The first kappa shape index (κ1) is 11.5. The van der Waals surface area contributed by atoms with Crippen LogP contribution in [0.2, 0.25) is 0 Å². The highest BCUT2D eigenvalue weighted by Gasteiger charge is 2.22. The third-order valence-corrected chi connectivity index (χ3v) is 4.69. The van der Waals surface area contributed by atoms with Crippen molar-refractivity contribution in [1.29, 1.82) is 0 Å². The molecule has 1 aliphatic rings. The van der Waals surface area contributed by atoms with Gasteiger partial charge in [-0.25, -0.2) is 0 Å². The Bertz CT molecular complexity index is 522. The summed E-state index contributed by atoms with van der Waals surface area (Å²) in [7, 11) is 0. The topological polar surface area (TPSA) is 0 Å². The Labute approximate surface area is 118 Å². The first-order valence-electron chi connectivity index (χ1n) is 5.69. The molecule has 0 nitrogen and oxygen atoms in total. The molecule has 0 bridgehead atoms. The van der Waals surface area contributed by atoms with Crippen LogP contribution in [-0.2, 0) is 17.1 Å². The van der Waals surface area contributed by atoms with Crippen LogP contribution in [0.25, 0.3) is 11.1 Å². The van der Waals surface area contributed by atoms with Gasteiger partial charge in [0, 0.05) is 10.7 Å². The third-order valence-electron chi connectivity index (χ3n) is 3.48. The van der Waals surface area contributed by atoms with Crippen LogP contribution in [0.15, 0.2) is 36.4 Å². The molecule has 1 aliphatic carbocycles. The Morgan fingerprint density at radius 3 is 1.65 bits per heavy atom. The monoisotopic (exact) mass is 350 g/mol. The molecule has 17 heavy (non-hydrogen) atoms. The predicted molar refractivity (Wildman–Crippen MR) is 79.9 cm³/mol. The molecule has 0 heterocycles. The highest BCUT2D eigenvalue weighted by atomic mass is 79.9. The second-order valence-electron chi connectivity index (χ2n) is 4.33. The van der Waals surface area contributed by atoms with Crippen LogP contribution in [0.1, 0.15) is 22.3 Å². The molecule has 86 valence electrons. The number of halogens is 2. The standard InChI is InChI=1S/C15H12Br2/c16-8-10-3-1-5-12-13-6-2-4-11(9-17)15(13)7-14(10)12/h1-6H,7-9H2. The SMILES string of the molecule is BrCc1cccc2c1Cc1c(CBr)cccc1-2. The second-order valence-corrected chi connectivity index (χ2v) is 5.45. The van der Waals surface area contributed by atoms with E-state index in [1.807, 2.05) is 0 Å². The van der Waals surface area contributed by atoms with Crippen molar-refractivity contribution in [2.45, 2.75) is 17.1 Å². The van der Waals surface area contributed by atoms with Gasteiger partial charge in [0.25, 0.3) is 0 Å². The molecule has 0 spiro atoms. The largest absolute Gasteiger partial charge is 0.0876 e. The van der Waals surface area contributed by atoms with Gasteiger partial charge in [0.2, 0.25) is 0 Å². The lowest BCUT2D eigenvalue weighted by atomic mass is 10.0. The zero-order chi connectivity index (χ0) is 11.8. The van der Waals surface area contributed by atoms with Crippen LogP contribution in [0, 0.1) is 0 Å². The van der Waals surface area contributed by atoms with Crippen molar-refractivity contribution in [2.75, 3.05) is 0 Å². The molecule has 2 heteroatoms. The summed E-state index contributed by atoms with van der Waals surface area (Å²) in [6, 6.07) is 13.2. The van der Waals surface area contributed by atoms with Crippen LogP contribution in [0.5, 0.6) is 0 Å². The van der Waals surface area contributed by atoms with Gasteiger partial charge in [0.1, 0.15) is 0 Å². The molecular weight excluding hydrogens is 340 g/mol. The smallest absolute Gasteiger partial charge is 0.0286 e. The first-order valence-corrected chi connectivity index (χ1v) is 7.93. The number of fused-ring (bicyclic) bond motifs is 3. The predicted octanol–water partition coefficient (Wildman–Crippen LogP) is 5.05. The fraction of sp³-hybridized carbons (Fsp3) is 0.200. The summed E-state index contributed by atoms with van der Waals surface area (Å²) in [5.41, 5.74) is 8.65. The molecule has 0 saturated carbocycles. The summed E-state index contributed by atoms with van der Waals surface area (Å²) in [6.45, 7) is 0. The third kappa shape index (κ3) is 1.78. The maximum atomic E-state index is 3.58. The molecule has 0 fully saturated rings. The van der Waals surface area contributed by atoms with Gasteiger partial charge in [-0.2, -0.15) is 0 Å². The summed E-state index contributed by atoms with van der Waals surface area (Å²) in [4.78, 5) is 0. The van der Waals surface area contributed by atoms with Crippen LogP contribution < -0.4 is 0 Å². The second kappa shape index (κ2) is 4.58. The fourth-order valence-corrected chi connectivity index (χ4v) is 3.67.